The summed E-state index contributed by atoms with van der Waals surface area (Å²) in [7, 11) is 0. The van der Waals surface area contributed by atoms with E-state index >= 15 is 0 Å². The molecule has 1 fully saturated rings. The number of piperazine rings is 1. The Morgan fingerprint density at radius 2 is 1.75 bits per heavy atom. The molecule has 0 saturated carbocycles. The highest BCUT2D eigenvalue weighted by Gasteiger charge is 2.31. The summed E-state index contributed by atoms with van der Waals surface area (Å²) in [6, 6.07) is 11.9. The topological polar surface area (TPSA) is 49.6 Å². The van der Waals surface area contributed by atoms with E-state index in [9.17, 15) is 23.3 Å². The highest BCUT2D eigenvalue weighted by atomic mass is 19.4. The highest BCUT2D eigenvalue weighted by molar-refractivity contribution is 5.60. The third kappa shape index (κ3) is 4.89. The first-order valence-electron chi connectivity index (χ1n) is 8.89. The Labute approximate surface area is 160 Å². The van der Waals surface area contributed by atoms with E-state index < -0.39 is 16.7 Å². The van der Waals surface area contributed by atoms with E-state index in [-0.39, 0.29) is 5.69 Å². The average molecular weight is 391 g/mol. The van der Waals surface area contributed by atoms with Gasteiger partial charge in [0.1, 0.15) is 0 Å². The van der Waals surface area contributed by atoms with Crippen LogP contribution in [0.3, 0.4) is 0 Å². The lowest BCUT2D eigenvalue weighted by Crippen LogP contribution is -2.46. The first-order valence-corrected chi connectivity index (χ1v) is 8.89. The Morgan fingerprint density at radius 3 is 2.43 bits per heavy atom. The number of benzene rings is 2. The molecular weight excluding hydrogens is 371 g/mol. The number of hydrogen-bond acceptors (Lipinski definition) is 4. The van der Waals surface area contributed by atoms with Gasteiger partial charge in [0.25, 0.3) is 5.69 Å². The van der Waals surface area contributed by atoms with Crippen molar-refractivity contribution < 1.29 is 18.1 Å². The maximum Gasteiger partial charge on any atom is 0.416 e. The van der Waals surface area contributed by atoms with E-state index in [1.165, 1.54) is 18.2 Å². The van der Waals surface area contributed by atoms with Gasteiger partial charge in [-0.1, -0.05) is 30.4 Å². The van der Waals surface area contributed by atoms with E-state index in [1.807, 2.05) is 11.0 Å². The quantitative estimate of drug-likeness (QED) is 0.558. The Hall–Kier alpha value is -2.87. The molecule has 5 nitrogen and oxygen atoms in total. The van der Waals surface area contributed by atoms with Crippen LogP contribution in [0.5, 0.6) is 0 Å². The lowest BCUT2D eigenvalue weighted by atomic mass is 10.1. The molecule has 148 valence electrons. The van der Waals surface area contributed by atoms with Gasteiger partial charge in [-0.2, -0.15) is 13.2 Å². The zero-order valence-electron chi connectivity index (χ0n) is 15.1. The number of nitro groups is 1. The van der Waals surface area contributed by atoms with Crippen LogP contribution in [-0.2, 0) is 6.18 Å². The summed E-state index contributed by atoms with van der Waals surface area (Å²) >= 11 is 0. The average Bonchev–Trinajstić information content (AvgIpc) is 2.68. The van der Waals surface area contributed by atoms with Crippen molar-refractivity contribution in [2.75, 3.05) is 37.6 Å². The molecule has 0 unspecified atom stereocenters. The summed E-state index contributed by atoms with van der Waals surface area (Å²) in [6.07, 6.45) is -0.734. The third-order valence-electron chi connectivity index (χ3n) is 4.71. The van der Waals surface area contributed by atoms with E-state index in [0.717, 1.165) is 6.07 Å². The summed E-state index contributed by atoms with van der Waals surface area (Å²) in [5, 5.41) is 11.0. The van der Waals surface area contributed by atoms with Gasteiger partial charge in [0.05, 0.1) is 16.1 Å². The van der Waals surface area contributed by atoms with Crippen molar-refractivity contribution >= 4 is 17.5 Å². The second kappa shape index (κ2) is 8.43. The maximum absolute atomic E-state index is 12.9. The minimum absolute atomic E-state index is 0.0631. The molecule has 0 amide bonds. The van der Waals surface area contributed by atoms with Gasteiger partial charge < -0.3 is 4.90 Å². The van der Waals surface area contributed by atoms with Crippen molar-refractivity contribution in [1.29, 1.82) is 0 Å². The van der Waals surface area contributed by atoms with Crippen molar-refractivity contribution in [1.82, 2.24) is 4.90 Å². The zero-order valence-corrected chi connectivity index (χ0v) is 15.1. The van der Waals surface area contributed by atoms with Crippen LogP contribution in [0.1, 0.15) is 11.1 Å². The summed E-state index contributed by atoms with van der Waals surface area (Å²) < 4.78 is 38.6. The van der Waals surface area contributed by atoms with Gasteiger partial charge in [-0.25, -0.2) is 0 Å². The Balaban J connectivity index is 1.56. The summed E-state index contributed by atoms with van der Waals surface area (Å²) in [4.78, 5) is 14.7. The van der Waals surface area contributed by atoms with E-state index in [0.29, 0.717) is 44.0 Å². The number of hydrogen-bond donors (Lipinski definition) is 0. The van der Waals surface area contributed by atoms with Crippen LogP contribution in [0.25, 0.3) is 6.08 Å². The van der Waals surface area contributed by atoms with Gasteiger partial charge in [-0.05, 0) is 24.3 Å². The molecular formula is C20H20F3N3O2. The SMILES string of the molecule is O=[N+]([O-])c1ccccc1/C=C/CN1CCN(c2cccc(C(F)(F)F)c2)CC1. The number of para-hydroxylation sites is 1. The van der Waals surface area contributed by atoms with Crippen molar-refractivity contribution in [2.45, 2.75) is 6.18 Å². The van der Waals surface area contributed by atoms with Gasteiger partial charge in [-0.3, -0.25) is 15.0 Å². The number of rotatable bonds is 5. The molecule has 1 aliphatic heterocycles. The van der Waals surface area contributed by atoms with Crippen LogP contribution in [0, 0.1) is 10.1 Å². The minimum Gasteiger partial charge on any atom is -0.369 e. The summed E-state index contributed by atoms with van der Waals surface area (Å²) in [5.41, 5.74) is 0.549. The molecule has 0 N–H and O–H groups in total. The molecule has 28 heavy (non-hydrogen) atoms. The molecule has 0 aromatic heterocycles. The molecule has 8 heteroatoms. The Bertz CT molecular complexity index is 860. The molecule has 0 bridgehead atoms. The predicted octanol–water partition coefficient (Wildman–Crippen LogP) is 4.45. The standard InChI is InChI=1S/C20H20F3N3O2/c21-20(22,23)17-7-3-8-18(15-17)25-13-11-24(12-14-25)10-4-6-16-5-1-2-9-19(16)26(27)28/h1-9,15H,10-14H2/b6-4+. The molecule has 1 saturated heterocycles. The van der Waals surface area contributed by atoms with Crippen molar-refractivity contribution in [3.05, 3.63) is 75.8 Å². The van der Waals surface area contributed by atoms with Crippen LogP contribution in [0.4, 0.5) is 24.5 Å². The van der Waals surface area contributed by atoms with Crippen LogP contribution in [0.15, 0.2) is 54.6 Å². The number of halogens is 3. The van der Waals surface area contributed by atoms with Gasteiger partial charge in [-0.15, -0.1) is 0 Å². The summed E-state index contributed by atoms with van der Waals surface area (Å²) in [5.74, 6) is 0. The fourth-order valence-corrected chi connectivity index (χ4v) is 3.19. The second-order valence-corrected chi connectivity index (χ2v) is 6.55. The molecule has 2 aromatic rings. The largest absolute Gasteiger partial charge is 0.416 e. The monoisotopic (exact) mass is 391 g/mol. The molecule has 0 atom stereocenters. The number of nitrogens with zero attached hydrogens (tertiary/aromatic N) is 3. The van der Waals surface area contributed by atoms with E-state index in [1.54, 1.807) is 30.3 Å². The molecule has 3 rings (SSSR count). The summed E-state index contributed by atoms with van der Waals surface area (Å²) in [6.45, 7) is 3.29. The lowest BCUT2D eigenvalue weighted by molar-refractivity contribution is -0.385. The maximum atomic E-state index is 12.9. The third-order valence-corrected chi connectivity index (χ3v) is 4.71. The number of alkyl halides is 3. The zero-order chi connectivity index (χ0) is 20.1. The lowest BCUT2D eigenvalue weighted by Gasteiger charge is -2.35. The first-order chi connectivity index (χ1) is 13.3. The van der Waals surface area contributed by atoms with E-state index in [2.05, 4.69) is 4.90 Å². The molecule has 2 aromatic carbocycles. The minimum atomic E-state index is -4.34. The smallest absolute Gasteiger partial charge is 0.369 e. The van der Waals surface area contributed by atoms with Crippen LogP contribution >= 0.6 is 0 Å². The molecule has 0 radical (unpaired) electrons. The Morgan fingerprint density at radius 1 is 1.04 bits per heavy atom. The van der Waals surface area contributed by atoms with Gasteiger partial charge >= 0.3 is 6.18 Å². The number of nitro benzene ring substituents is 1. The first kappa shape index (κ1) is 19.9. The number of anilines is 1. The van der Waals surface area contributed by atoms with E-state index in [4.69, 9.17) is 0 Å². The second-order valence-electron chi connectivity index (χ2n) is 6.55. The van der Waals surface area contributed by atoms with Gasteiger partial charge in [0.2, 0.25) is 0 Å². The fraction of sp³-hybridized carbons (Fsp3) is 0.300. The van der Waals surface area contributed by atoms with Gasteiger partial charge in [0, 0.05) is 44.5 Å². The van der Waals surface area contributed by atoms with Crippen LogP contribution in [0.2, 0.25) is 0 Å². The molecule has 1 heterocycles. The highest BCUT2D eigenvalue weighted by Crippen LogP contribution is 2.31. The molecule has 0 aliphatic carbocycles. The fourth-order valence-electron chi connectivity index (χ4n) is 3.19. The molecule has 1 aliphatic rings. The normalized spacial score (nSPS) is 15.9. The van der Waals surface area contributed by atoms with Gasteiger partial charge in [0.15, 0.2) is 0 Å². The van der Waals surface area contributed by atoms with Crippen molar-refractivity contribution in [2.24, 2.45) is 0 Å². The van der Waals surface area contributed by atoms with Crippen molar-refractivity contribution in [3.63, 3.8) is 0 Å². The van der Waals surface area contributed by atoms with Crippen LogP contribution in [-0.4, -0.2) is 42.5 Å². The predicted molar refractivity (Wildman–Crippen MR) is 102 cm³/mol. The van der Waals surface area contributed by atoms with Crippen molar-refractivity contribution in [3.8, 4) is 0 Å². The Kier molecular flexibility index (Phi) is 5.99. The van der Waals surface area contributed by atoms with Crippen LogP contribution < -0.4 is 4.90 Å². The molecule has 0 spiro atoms.